The van der Waals surface area contributed by atoms with Crippen molar-refractivity contribution in [2.45, 2.75) is 32.2 Å². The summed E-state index contributed by atoms with van der Waals surface area (Å²) in [5, 5.41) is 3.97. The molecule has 0 bridgehead atoms. The first-order valence-corrected chi connectivity index (χ1v) is 8.60. The Morgan fingerprint density at radius 2 is 1.95 bits per heavy atom. The molecule has 0 atom stereocenters. The molecule has 0 unspecified atom stereocenters. The molecule has 0 aliphatic carbocycles. The van der Waals surface area contributed by atoms with Crippen LogP contribution in [-0.2, 0) is 22.9 Å². The topological polar surface area (TPSA) is 51.1 Å². The zero-order valence-corrected chi connectivity index (χ0v) is 13.1. The van der Waals surface area contributed by atoms with Crippen LogP contribution in [0.4, 0.5) is 0 Å². The van der Waals surface area contributed by atoms with Gasteiger partial charge in [-0.2, -0.15) is 0 Å². The van der Waals surface area contributed by atoms with Crippen LogP contribution in [0.1, 0.15) is 19.5 Å². The summed E-state index contributed by atoms with van der Waals surface area (Å²) in [6, 6.07) is 10.2. The molecule has 5 heteroatoms. The molecule has 0 fully saturated rings. The fraction of sp³-hybridized carbons (Fsp3) is 0.467. The van der Waals surface area contributed by atoms with E-state index in [2.05, 4.69) is 22.0 Å². The molecule has 0 spiro atoms. The molecule has 1 N–H and O–H groups in total. The Morgan fingerprint density at radius 3 is 2.60 bits per heavy atom. The van der Waals surface area contributed by atoms with Crippen LogP contribution in [-0.4, -0.2) is 31.0 Å². The van der Waals surface area contributed by atoms with Gasteiger partial charge in [0.05, 0.1) is 11.0 Å². The van der Waals surface area contributed by atoms with Crippen LogP contribution in [0.2, 0.25) is 0 Å². The normalized spacial score (nSPS) is 12.4. The highest BCUT2D eigenvalue weighted by atomic mass is 32.2. The predicted octanol–water partition coefficient (Wildman–Crippen LogP) is 2.18. The minimum absolute atomic E-state index is 0.181. The van der Waals surface area contributed by atoms with Gasteiger partial charge >= 0.3 is 0 Å². The van der Waals surface area contributed by atoms with E-state index in [0.717, 1.165) is 23.1 Å². The third-order valence-corrected chi connectivity index (χ3v) is 5.76. The lowest BCUT2D eigenvalue weighted by molar-refractivity contribution is 0.579. The summed E-state index contributed by atoms with van der Waals surface area (Å²) in [7, 11) is -1.12. The second-order valence-electron chi connectivity index (χ2n) is 5.29. The Balaban J connectivity index is 2.34. The Morgan fingerprint density at radius 1 is 1.25 bits per heavy atom. The molecule has 0 saturated heterocycles. The molecule has 0 aliphatic rings. The van der Waals surface area contributed by atoms with E-state index in [0.29, 0.717) is 6.54 Å². The van der Waals surface area contributed by atoms with E-state index in [1.54, 1.807) is 13.8 Å². The van der Waals surface area contributed by atoms with Gasteiger partial charge in [0.15, 0.2) is 9.84 Å². The number of aryl methyl sites for hydroxylation is 1. The van der Waals surface area contributed by atoms with E-state index in [-0.39, 0.29) is 11.0 Å². The van der Waals surface area contributed by atoms with Crippen molar-refractivity contribution in [1.29, 1.82) is 0 Å². The van der Waals surface area contributed by atoms with Crippen molar-refractivity contribution in [3.63, 3.8) is 0 Å². The molecule has 2 rings (SSSR count). The van der Waals surface area contributed by atoms with E-state index in [4.69, 9.17) is 0 Å². The summed E-state index contributed by atoms with van der Waals surface area (Å²) in [4.78, 5) is 0. The monoisotopic (exact) mass is 294 g/mol. The van der Waals surface area contributed by atoms with Gasteiger partial charge in [0.2, 0.25) is 0 Å². The lowest BCUT2D eigenvalue weighted by Gasteiger charge is -2.12. The highest BCUT2D eigenvalue weighted by Crippen LogP contribution is 2.20. The van der Waals surface area contributed by atoms with E-state index in [1.165, 1.54) is 0 Å². The number of hydrogen-bond acceptors (Lipinski definition) is 3. The van der Waals surface area contributed by atoms with Crippen LogP contribution < -0.4 is 5.32 Å². The van der Waals surface area contributed by atoms with Crippen molar-refractivity contribution in [2.75, 3.05) is 12.8 Å². The van der Waals surface area contributed by atoms with Crippen molar-refractivity contribution >= 4 is 20.7 Å². The van der Waals surface area contributed by atoms with Crippen molar-refractivity contribution < 1.29 is 8.42 Å². The Hall–Kier alpha value is -1.33. The van der Waals surface area contributed by atoms with Crippen LogP contribution >= 0.6 is 0 Å². The number of nitrogens with zero attached hydrogens (tertiary/aromatic N) is 1. The first kappa shape index (κ1) is 15.1. The van der Waals surface area contributed by atoms with Gasteiger partial charge in [-0.15, -0.1) is 0 Å². The molecular formula is C15H22N2O2S. The van der Waals surface area contributed by atoms with Crippen molar-refractivity contribution in [2.24, 2.45) is 0 Å². The molecule has 20 heavy (non-hydrogen) atoms. The smallest absolute Gasteiger partial charge is 0.154 e. The van der Waals surface area contributed by atoms with E-state index >= 15 is 0 Å². The predicted molar refractivity (Wildman–Crippen MR) is 83.6 cm³/mol. The first-order valence-electron chi connectivity index (χ1n) is 6.89. The summed E-state index contributed by atoms with van der Waals surface area (Å²) in [5.41, 5.74) is 2.21. The molecular weight excluding hydrogens is 272 g/mol. The summed E-state index contributed by atoms with van der Waals surface area (Å²) in [6.45, 7) is 4.71. The first-order chi connectivity index (χ1) is 9.45. The van der Waals surface area contributed by atoms with Crippen molar-refractivity contribution in [1.82, 2.24) is 9.88 Å². The highest BCUT2D eigenvalue weighted by Gasteiger charge is 2.17. The minimum atomic E-state index is -3.02. The number of fused-ring (bicyclic) bond motifs is 1. The van der Waals surface area contributed by atoms with E-state index in [9.17, 15) is 8.42 Å². The zero-order valence-electron chi connectivity index (χ0n) is 12.3. The molecule has 0 amide bonds. The number of hydrogen-bond donors (Lipinski definition) is 1. The maximum absolute atomic E-state index is 12.0. The second kappa shape index (κ2) is 5.97. The summed E-state index contributed by atoms with van der Waals surface area (Å²) in [5.74, 6) is 0.181. The molecule has 0 radical (unpaired) electrons. The van der Waals surface area contributed by atoms with Gasteiger partial charge in [0, 0.05) is 24.3 Å². The summed E-state index contributed by atoms with van der Waals surface area (Å²) in [6.07, 6.45) is 0. The average molecular weight is 294 g/mol. The number of para-hydroxylation sites is 1. The van der Waals surface area contributed by atoms with Gasteiger partial charge in [-0.3, -0.25) is 0 Å². The summed E-state index contributed by atoms with van der Waals surface area (Å²) >= 11 is 0. The van der Waals surface area contributed by atoms with Gasteiger partial charge in [-0.05, 0) is 38.4 Å². The fourth-order valence-electron chi connectivity index (χ4n) is 2.31. The van der Waals surface area contributed by atoms with Crippen LogP contribution in [0.3, 0.4) is 0 Å². The molecule has 2 aromatic rings. The number of nitrogens with one attached hydrogen (secondary N) is 1. The third-order valence-electron chi connectivity index (χ3n) is 3.57. The molecule has 110 valence electrons. The minimum Gasteiger partial charge on any atom is -0.342 e. The Kier molecular flexibility index (Phi) is 4.50. The van der Waals surface area contributed by atoms with Gasteiger partial charge in [-0.1, -0.05) is 18.2 Å². The van der Waals surface area contributed by atoms with Crippen molar-refractivity contribution in [3.05, 3.63) is 36.0 Å². The summed E-state index contributed by atoms with van der Waals surface area (Å²) < 4.78 is 26.1. The Bertz CT molecular complexity index is 687. The number of benzene rings is 1. The SMILES string of the molecule is CNCc1cc2ccccc2n1CCS(=O)(=O)C(C)C. The van der Waals surface area contributed by atoms with Gasteiger partial charge < -0.3 is 9.88 Å². The number of rotatable bonds is 6. The van der Waals surface area contributed by atoms with Crippen LogP contribution in [0, 0.1) is 0 Å². The van der Waals surface area contributed by atoms with Gasteiger partial charge in [0.1, 0.15) is 0 Å². The van der Waals surface area contributed by atoms with Crippen LogP contribution in [0.15, 0.2) is 30.3 Å². The van der Waals surface area contributed by atoms with E-state index in [1.807, 2.05) is 25.2 Å². The second-order valence-corrected chi connectivity index (χ2v) is 7.97. The highest BCUT2D eigenvalue weighted by molar-refractivity contribution is 7.91. The van der Waals surface area contributed by atoms with Crippen LogP contribution in [0.5, 0.6) is 0 Å². The zero-order chi connectivity index (χ0) is 14.8. The number of aromatic nitrogens is 1. The Labute approximate surface area is 120 Å². The standard InChI is InChI=1S/C15H22N2O2S/c1-12(2)20(18,19)9-8-17-14(11-16-3)10-13-6-4-5-7-15(13)17/h4-7,10,12,16H,8-9,11H2,1-3H3. The van der Waals surface area contributed by atoms with Gasteiger partial charge in [-0.25, -0.2) is 8.42 Å². The molecule has 4 nitrogen and oxygen atoms in total. The third kappa shape index (κ3) is 3.04. The molecule has 1 aromatic carbocycles. The van der Waals surface area contributed by atoms with Crippen molar-refractivity contribution in [3.8, 4) is 0 Å². The molecule has 1 heterocycles. The molecule has 1 aromatic heterocycles. The quantitative estimate of drug-likeness (QED) is 0.888. The van der Waals surface area contributed by atoms with Crippen LogP contribution in [0.25, 0.3) is 10.9 Å². The maximum Gasteiger partial charge on any atom is 0.154 e. The lowest BCUT2D eigenvalue weighted by atomic mass is 10.2. The maximum atomic E-state index is 12.0. The molecule has 0 saturated carbocycles. The largest absolute Gasteiger partial charge is 0.342 e. The average Bonchev–Trinajstić information content (AvgIpc) is 2.74. The lowest BCUT2D eigenvalue weighted by Crippen LogP contribution is -2.22. The fourth-order valence-corrected chi connectivity index (χ4v) is 3.22. The molecule has 0 aliphatic heterocycles. The number of sulfone groups is 1. The van der Waals surface area contributed by atoms with Gasteiger partial charge in [0.25, 0.3) is 0 Å². The van der Waals surface area contributed by atoms with E-state index < -0.39 is 9.84 Å².